The smallest absolute Gasteiger partial charge is 0.203 e. The van der Waals surface area contributed by atoms with Gasteiger partial charge in [0.1, 0.15) is 18.2 Å². The number of hydrogen-bond acceptors (Lipinski definition) is 5. The lowest BCUT2D eigenvalue weighted by Crippen LogP contribution is -2.01. The van der Waals surface area contributed by atoms with Crippen molar-refractivity contribution in [2.45, 2.75) is 6.61 Å². The number of hydrogen-bond donors (Lipinski definition) is 1. The van der Waals surface area contributed by atoms with Crippen LogP contribution in [0.15, 0.2) is 30.3 Å². The van der Waals surface area contributed by atoms with Gasteiger partial charge in [-0.15, -0.1) is 0 Å². The topological polar surface area (TPSA) is 62.9 Å². The second-order valence-electron chi connectivity index (χ2n) is 4.50. The molecule has 2 aromatic carbocycles. The Morgan fingerprint density at radius 2 is 1.55 bits per heavy atom. The summed E-state index contributed by atoms with van der Waals surface area (Å²) in [5.74, 6) is 1.59. The van der Waals surface area contributed by atoms with Crippen molar-refractivity contribution in [2.24, 2.45) is 0 Å². The summed E-state index contributed by atoms with van der Waals surface area (Å²) in [6, 6.07) is 7.55. The van der Waals surface area contributed by atoms with Crippen LogP contribution in [-0.2, 0) is 6.61 Å². The lowest BCUT2D eigenvalue weighted by molar-refractivity contribution is 0.299. The van der Waals surface area contributed by atoms with Gasteiger partial charge in [0.15, 0.2) is 11.5 Å². The van der Waals surface area contributed by atoms with E-state index < -0.39 is 5.82 Å². The van der Waals surface area contributed by atoms with Crippen LogP contribution in [0.2, 0.25) is 0 Å². The van der Waals surface area contributed by atoms with E-state index in [2.05, 4.69) is 0 Å². The van der Waals surface area contributed by atoms with Gasteiger partial charge in [0.05, 0.1) is 27.0 Å². The first kappa shape index (κ1) is 15.8. The SMILES string of the molecule is COc1cc(COc2ccc(F)cc2N)cc(OC)c1OC. The van der Waals surface area contributed by atoms with E-state index in [1.54, 1.807) is 26.4 Å². The molecule has 2 N–H and O–H groups in total. The van der Waals surface area contributed by atoms with Crippen molar-refractivity contribution in [3.8, 4) is 23.0 Å². The molecule has 2 rings (SSSR count). The van der Waals surface area contributed by atoms with Crippen LogP contribution >= 0.6 is 0 Å². The number of anilines is 1. The van der Waals surface area contributed by atoms with E-state index in [0.29, 0.717) is 23.0 Å². The fourth-order valence-corrected chi connectivity index (χ4v) is 2.03. The van der Waals surface area contributed by atoms with Gasteiger partial charge in [0, 0.05) is 6.07 Å². The molecule has 0 saturated heterocycles. The maximum absolute atomic E-state index is 13.0. The van der Waals surface area contributed by atoms with Crippen molar-refractivity contribution in [3.63, 3.8) is 0 Å². The quantitative estimate of drug-likeness (QED) is 0.831. The Morgan fingerprint density at radius 1 is 0.909 bits per heavy atom. The van der Waals surface area contributed by atoms with Crippen LogP contribution in [0.4, 0.5) is 10.1 Å². The molecule has 0 aliphatic rings. The molecule has 0 fully saturated rings. The Morgan fingerprint density at radius 3 is 2.05 bits per heavy atom. The van der Waals surface area contributed by atoms with Crippen molar-refractivity contribution in [1.29, 1.82) is 0 Å². The molecule has 22 heavy (non-hydrogen) atoms. The van der Waals surface area contributed by atoms with Crippen molar-refractivity contribution in [3.05, 3.63) is 41.7 Å². The summed E-state index contributed by atoms with van der Waals surface area (Å²) in [4.78, 5) is 0. The molecule has 0 spiro atoms. The average molecular weight is 307 g/mol. The monoisotopic (exact) mass is 307 g/mol. The molecule has 6 heteroatoms. The van der Waals surface area contributed by atoms with E-state index in [-0.39, 0.29) is 12.3 Å². The first-order valence-electron chi connectivity index (χ1n) is 6.55. The Bertz CT molecular complexity index is 636. The molecule has 0 unspecified atom stereocenters. The Balaban J connectivity index is 2.22. The highest BCUT2D eigenvalue weighted by molar-refractivity contribution is 5.54. The molecule has 0 bridgehead atoms. The number of nitrogens with two attached hydrogens (primary N) is 1. The molecule has 5 nitrogen and oxygen atoms in total. The normalized spacial score (nSPS) is 10.2. The summed E-state index contributed by atoms with van der Waals surface area (Å²) >= 11 is 0. The number of halogens is 1. The highest BCUT2D eigenvalue weighted by Gasteiger charge is 2.13. The average Bonchev–Trinajstić information content (AvgIpc) is 2.52. The number of rotatable bonds is 6. The lowest BCUT2D eigenvalue weighted by Gasteiger charge is -2.15. The van der Waals surface area contributed by atoms with E-state index in [9.17, 15) is 4.39 Å². The molecular formula is C16H18FNO4. The number of methoxy groups -OCH3 is 3. The van der Waals surface area contributed by atoms with Gasteiger partial charge in [-0.1, -0.05) is 0 Å². The van der Waals surface area contributed by atoms with Crippen LogP contribution < -0.4 is 24.7 Å². The lowest BCUT2D eigenvalue weighted by atomic mass is 10.2. The predicted octanol–water partition coefficient (Wildman–Crippen LogP) is 3.01. The molecule has 0 aliphatic heterocycles. The molecular weight excluding hydrogens is 289 g/mol. The summed E-state index contributed by atoms with van der Waals surface area (Å²) < 4.78 is 34.4. The van der Waals surface area contributed by atoms with Crippen LogP contribution in [0.5, 0.6) is 23.0 Å². The Labute approximate surface area is 128 Å². The zero-order chi connectivity index (χ0) is 16.1. The summed E-state index contributed by atoms with van der Waals surface area (Å²) in [6.07, 6.45) is 0. The van der Waals surface area contributed by atoms with Gasteiger partial charge in [-0.3, -0.25) is 0 Å². The van der Waals surface area contributed by atoms with E-state index in [1.165, 1.54) is 25.3 Å². The first-order valence-corrected chi connectivity index (χ1v) is 6.55. The van der Waals surface area contributed by atoms with E-state index >= 15 is 0 Å². The van der Waals surface area contributed by atoms with Gasteiger partial charge >= 0.3 is 0 Å². The molecule has 118 valence electrons. The second-order valence-corrected chi connectivity index (χ2v) is 4.50. The highest BCUT2D eigenvalue weighted by atomic mass is 19.1. The van der Waals surface area contributed by atoms with Crippen LogP contribution in [0.1, 0.15) is 5.56 Å². The van der Waals surface area contributed by atoms with Gasteiger partial charge in [0.2, 0.25) is 5.75 Å². The van der Waals surface area contributed by atoms with E-state index in [1.807, 2.05) is 0 Å². The zero-order valence-electron chi connectivity index (χ0n) is 12.7. The Kier molecular flexibility index (Phi) is 4.93. The molecule has 0 aliphatic carbocycles. The molecule has 0 atom stereocenters. The standard InChI is InChI=1S/C16H18FNO4/c1-19-14-6-10(7-15(20-2)16(14)21-3)9-22-13-5-4-11(17)8-12(13)18/h4-8H,9,18H2,1-3H3. The summed E-state index contributed by atoms with van der Waals surface area (Å²) in [7, 11) is 4.62. The fraction of sp³-hybridized carbons (Fsp3) is 0.250. The molecule has 2 aromatic rings. The summed E-state index contributed by atoms with van der Waals surface area (Å²) in [5.41, 5.74) is 6.76. The van der Waals surface area contributed by atoms with Gasteiger partial charge in [0.25, 0.3) is 0 Å². The molecule has 0 amide bonds. The Hall–Kier alpha value is -2.63. The minimum atomic E-state index is -0.405. The third-order valence-electron chi connectivity index (χ3n) is 3.09. The van der Waals surface area contributed by atoms with Crippen LogP contribution in [-0.4, -0.2) is 21.3 Å². The number of nitrogen functional groups attached to an aromatic ring is 1. The van der Waals surface area contributed by atoms with Crippen molar-refractivity contribution in [1.82, 2.24) is 0 Å². The zero-order valence-corrected chi connectivity index (χ0v) is 12.7. The third kappa shape index (κ3) is 3.33. The van der Waals surface area contributed by atoms with Gasteiger partial charge in [-0.05, 0) is 29.8 Å². The predicted molar refractivity (Wildman–Crippen MR) is 81.2 cm³/mol. The fourth-order valence-electron chi connectivity index (χ4n) is 2.03. The molecule has 0 heterocycles. The van der Waals surface area contributed by atoms with Gasteiger partial charge in [-0.25, -0.2) is 4.39 Å². The van der Waals surface area contributed by atoms with Crippen LogP contribution in [0.25, 0.3) is 0 Å². The summed E-state index contributed by atoms with van der Waals surface area (Å²) in [6.45, 7) is 0.229. The van der Waals surface area contributed by atoms with Gasteiger partial charge in [-0.2, -0.15) is 0 Å². The molecule has 0 saturated carbocycles. The number of benzene rings is 2. The first-order chi connectivity index (χ1) is 10.6. The minimum Gasteiger partial charge on any atom is -0.493 e. The van der Waals surface area contributed by atoms with Crippen LogP contribution in [0, 0.1) is 5.82 Å². The van der Waals surface area contributed by atoms with Crippen molar-refractivity contribution < 1.29 is 23.3 Å². The minimum absolute atomic E-state index is 0.229. The molecule has 0 radical (unpaired) electrons. The van der Waals surface area contributed by atoms with Crippen LogP contribution in [0.3, 0.4) is 0 Å². The summed E-state index contributed by atoms with van der Waals surface area (Å²) in [5, 5.41) is 0. The van der Waals surface area contributed by atoms with Crippen molar-refractivity contribution >= 4 is 5.69 Å². The second kappa shape index (κ2) is 6.89. The third-order valence-corrected chi connectivity index (χ3v) is 3.09. The number of ether oxygens (including phenoxy) is 4. The maximum Gasteiger partial charge on any atom is 0.203 e. The van der Waals surface area contributed by atoms with Crippen molar-refractivity contribution in [2.75, 3.05) is 27.1 Å². The molecule has 0 aromatic heterocycles. The van der Waals surface area contributed by atoms with E-state index in [0.717, 1.165) is 5.56 Å². The van der Waals surface area contributed by atoms with E-state index in [4.69, 9.17) is 24.7 Å². The maximum atomic E-state index is 13.0. The van der Waals surface area contributed by atoms with Gasteiger partial charge < -0.3 is 24.7 Å². The largest absolute Gasteiger partial charge is 0.493 e. The highest BCUT2D eigenvalue weighted by Crippen LogP contribution is 2.38.